The molecule has 2 nitrogen and oxygen atoms in total. The molecule has 0 spiro atoms. The summed E-state index contributed by atoms with van der Waals surface area (Å²) < 4.78 is 0. The fraction of sp³-hybridized carbons (Fsp3) is 0.0182. The standard InChI is InChI=1S/C55H40N2/c1-4-15-40(16-5-1)41-27-31-48(32-28-41)56(51-35-36-52(43-17-6-2-7-18-43)53(39-51)44-19-8-3-9-20-44)49-33-29-42(30-34-49)45-23-14-24-50(38-45)57-54-25-12-10-21-46(54)37-47-22-11-13-26-55(47)57/h1-36,38-39H,37H2. The van der Waals surface area contributed by atoms with Crippen molar-refractivity contribution in [2.45, 2.75) is 6.42 Å². The Labute approximate surface area is 335 Å². The van der Waals surface area contributed by atoms with Crippen LogP contribution in [0.4, 0.5) is 34.1 Å². The van der Waals surface area contributed by atoms with E-state index in [0.717, 1.165) is 29.2 Å². The largest absolute Gasteiger partial charge is 0.310 e. The molecule has 1 aliphatic rings. The van der Waals surface area contributed by atoms with Gasteiger partial charge in [-0.3, -0.25) is 0 Å². The van der Waals surface area contributed by atoms with Gasteiger partial charge in [0, 0.05) is 40.5 Å². The van der Waals surface area contributed by atoms with Crippen LogP contribution in [0.15, 0.2) is 231 Å². The second kappa shape index (κ2) is 15.0. The fourth-order valence-electron chi connectivity index (χ4n) is 8.28. The van der Waals surface area contributed by atoms with E-state index in [9.17, 15) is 0 Å². The Bertz CT molecular complexity index is 2750. The van der Waals surface area contributed by atoms with E-state index in [-0.39, 0.29) is 0 Å². The number of benzene rings is 9. The first-order chi connectivity index (χ1) is 28.3. The second-order valence-corrected chi connectivity index (χ2v) is 14.6. The average molecular weight is 729 g/mol. The third kappa shape index (κ3) is 6.68. The summed E-state index contributed by atoms with van der Waals surface area (Å²) in [5.41, 5.74) is 19.1. The number of fused-ring (bicyclic) bond motifs is 2. The van der Waals surface area contributed by atoms with E-state index in [1.807, 2.05) is 0 Å². The van der Waals surface area contributed by atoms with Crippen LogP contribution in [0.1, 0.15) is 11.1 Å². The Hall–Kier alpha value is -7.42. The predicted molar refractivity (Wildman–Crippen MR) is 240 cm³/mol. The zero-order valence-corrected chi connectivity index (χ0v) is 31.5. The lowest BCUT2D eigenvalue weighted by atomic mass is 9.93. The quantitative estimate of drug-likeness (QED) is 0.154. The molecule has 0 unspecified atom stereocenters. The lowest BCUT2D eigenvalue weighted by molar-refractivity contribution is 1.09. The molecule has 0 saturated heterocycles. The van der Waals surface area contributed by atoms with E-state index < -0.39 is 0 Å². The number of para-hydroxylation sites is 2. The van der Waals surface area contributed by atoms with Crippen LogP contribution in [0.25, 0.3) is 44.5 Å². The van der Waals surface area contributed by atoms with Gasteiger partial charge in [-0.1, -0.05) is 170 Å². The van der Waals surface area contributed by atoms with Crippen molar-refractivity contribution in [2.24, 2.45) is 0 Å². The summed E-state index contributed by atoms with van der Waals surface area (Å²) in [7, 11) is 0. The molecule has 10 rings (SSSR count). The third-order valence-corrected chi connectivity index (χ3v) is 11.1. The molecule has 57 heavy (non-hydrogen) atoms. The molecule has 0 bridgehead atoms. The van der Waals surface area contributed by atoms with Crippen molar-refractivity contribution in [3.63, 3.8) is 0 Å². The molecule has 1 aliphatic heterocycles. The van der Waals surface area contributed by atoms with Gasteiger partial charge in [0.05, 0.1) is 0 Å². The minimum atomic E-state index is 0.942. The molecule has 1 heterocycles. The average Bonchev–Trinajstić information content (AvgIpc) is 3.29. The highest BCUT2D eigenvalue weighted by atomic mass is 15.2. The summed E-state index contributed by atoms with van der Waals surface area (Å²) >= 11 is 0. The zero-order valence-electron chi connectivity index (χ0n) is 31.5. The van der Waals surface area contributed by atoms with Crippen LogP contribution in [-0.4, -0.2) is 0 Å². The van der Waals surface area contributed by atoms with Gasteiger partial charge in [0.1, 0.15) is 0 Å². The topological polar surface area (TPSA) is 6.48 Å². The first-order valence-corrected chi connectivity index (χ1v) is 19.6. The van der Waals surface area contributed by atoms with E-state index in [1.165, 1.54) is 67.0 Å². The normalized spacial score (nSPS) is 11.8. The van der Waals surface area contributed by atoms with E-state index in [1.54, 1.807) is 0 Å². The highest BCUT2D eigenvalue weighted by Gasteiger charge is 2.24. The number of anilines is 6. The number of hydrogen-bond donors (Lipinski definition) is 0. The number of hydrogen-bond acceptors (Lipinski definition) is 2. The van der Waals surface area contributed by atoms with Crippen molar-refractivity contribution in [3.8, 4) is 44.5 Å². The predicted octanol–water partition coefficient (Wildman–Crippen LogP) is 15.2. The molecule has 0 radical (unpaired) electrons. The second-order valence-electron chi connectivity index (χ2n) is 14.6. The van der Waals surface area contributed by atoms with Crippen LogP contribution in [0, 0.1) is 0 Å². The Morgan fingerprint density at radius 1 is 0.298 bits per heavy atom. The molecule has 0 N–H and O–H groups in total. The molecule has 0 fully saturated rings. The highest BCUT2D eigenvalue weighted by molar-refractivity contribution is 5.90. The van der Waals surface area contributed by atoms with Gasteiger partial charge in [0.15, 0.2) is 0 Å². The van der Waals surface area contributed by atoms with Crippen molar-refractivity contribution in [2.75, 3.05) is 9.80 Å². The van der Waals surface area contributed by atoms with Crippen molar-refractivity contribution in [1.29, 1.82) is 0 Å². The molecule has 270 valence electrons. The van der Waals surface area contributed by atoms with Crippen LogP contribution in [0.2, 0.25) is 0 Å². The lowest BCUT2D eigenvalue weighted by Gasteiger charge is -2.33. The molecular formula is C55H40N2. The molecule has 9 aromatic rings. The van der Waals surface area contributed by atoms with Gasteiger partial charge in [-0.05, 0) is 116 Å². The van der Waals surface area contributed by atoms with Crippen molar-refractivity contribution in [3.05, 3.63) is 242 Å². The Morgan fingerprint density at radius 2 is 0.737 bits per heavy atom. The highest BCUT2D eigenvalue weighted by Crippen LogP contribution is 2.45. The summed E-state index contributed by atoms with van der Waals surface area (Å²) in [5.74, 6) is 0. The molecule has 0 amide bonds. The summed E-state index contributed by atoms with van der Waals surface area (Å²) in [6.07, 6.45) is 0.942. The van der Waals surface area contributed by atoms with Crippen LogP contribution >= 0.6 is 0 Å². The monoisotopic (exact) mass is 728 g/mol. The van der Waals surface area contributed by atoms with Gasteiger partial charge in [0.2, 0.25) is 0 Å². The molecular weight excluding hydrogens is 689 g/mol. The summed E-state index contributed by atoms with van der Waals surface area (Å²) in [6.45, 7) is 0. The maximum atomic E-state index is 2.41. The van der Waals surface area contributed by atoms with E-state index in [4.69, 9.17) is 0 Å². The van der Waals surface area contributed by atoms with E-state index in [2.05, 4.69) is 240 Å². The van der Waals surface area contributed by atoms with Crippen LogP contribution < -0.4 is 9.80 Å². The maximum Gasteiger partial charge on any atom is 0.0497 e. The zero-order chi connectivity index (χ0) is 38.0. The smallest absolute Gasteiger partial charge is 0.0497 e. The summed E-state index contributed by atoms with van der Waals surface area (Å²) in [5, 5.41) is 0. The lowest BCUT2D eigenvalue weighted by Crippen LogP contribution is -2.18. The van der Waals surface area contributed by atoms with Gasteiger partial charge in [-0.15, -0.1) is 0 Å². The van der Waals surface area contributed by atoms with Gasteiger partial charge in [-0.25, -0.2) is 0 Å². The Morgan fingerprint density at radius 3 is 1.32 bits per heavy atom. The number of nitrogens with zero attached hydrogens (tertiary/aromatic N) is 2. The maximum absolute atomic E-state index is 2.41. The van der Waals surface area contributed by atoms with Gasteiger partial charge in [-0.2, -0.15) is 0 Å². The molecule has 0 atom stereocenters. The van der Waals surface area contributed by atoms with Gasteiger partial charge >= 0.3 is 0 Å². The molecule has 9 aromatic carbocycles. The SMILES string of the molecule is c1ccc(-c2ccc(N(c3ccc(-c4cccc(N5c6ccccc6Cc6ccccc65)c4)cc3)c3ccc(-c4ccccc4)c(-c4ccccc4)c3)cc2)cc1. The first kappa shape index (κ1) is 34.1. The molecule has 0 aromatic heterocycles. The molecule has 0 aliphatic carbocycles. The fourth-order valence-corrected chi connectivity index (χ4v) is 8.28. The Balaban J connectivity index is 1.06. The van der Waals surface area contributed by atoms with Crippen LogP contribution in [0.3, 0.4) is 0 Å². The molecule has 2 heteroatoms. The summed E-state index contributed by atoms with van der Waals surface area (Å²) in [6, 6.07) is 83.3. The van der Waals surface area contributed by atoms with Crippen molar-refractivity contribution >= 4 is 34.1 Å². The third-order valence-electron chi connectivity index (χ3n) is 11.1. The number of rotatable bonds is 8. The van der Waals surface area contributed by atoms with Crippen molar-refractivity contribution in [1.82, 2.24) is 0 Å². The van der Waals surface area contributed by atoms with E-state index in [0.29, 0.717) is 0 Å². The summed E-state index contributed by atoms with van der Waals surface area (Å²) in [4.78, 5) is 4.79. The van der Waals surface area contributed by atoms with E-state index >= 15 is 0 Å². The van der Waals surface area contributed by atoms with Crippen LogP contribution in [0.5, 0.6) is 0 Å². The van der Waals surface area contributed by atoms with Crippen LogP contribution in [-0.2, 0) is 6.42 Å². The van der Waals surface area contributed by atoms with Gasteiger partial charge < -0.3 is 9.80 Å². The first-order valence-electron chi connectivity index (χ1n) is 19.6. The molecule has 0 saturated carbocycles. The Kier molecular flexibility index (Phi) is 8.98. The van der Waals surface area contributed by atoms with Gasteiger partial charge in [0.25, 0.3) is 0 Å². The minimum absolute atomic E-state index is 0.942. The minimum Gasteiger partial charge on any atom is -0.310 e. The van der Waals surface area contributed by atoms with Crippen molar-refractivity contribution < 1.29 is 0 Å².